The Balaban J connectivity index is 2.48. The monoisotopic (exact) mass is 311 g/mol. The second kappa shape index (κ2) is 5.76. The number of aryl methyl sites for hydroxylation is 1. The Bertz CT molecular complexity index is 786. The summed E-state index contributed by atoms with van der Waals surface area (Å²) >= 11 is 0. The van der Waals surface area contributed by atoms with Crippen molar-refractivity contribution in [2.24, 2.45) is 0 Å². The van der Waals surface area contributed by atoms with Gasteiger partial charge in [-0.25, -0.2) is 4.79 Å². The predicted molar refractivity (Wildman–Crippen MR) is 72.9 cm³/mol. The highest BCUT2D eigenvalue weighted by Crippen LogP contribution is 2.23. The first-order valence-electron chi connectivity index (χ1n) is 5.98. The number of carbonyl (C=O) groups is 1. The topological polar surface area (TPSA) is 114 Å². The molecule has 2 N–H and O–H groups in total. The second-order valence-electron chi connectivity index (χ2n) is 4.40. The molecule has 0 aliphatic heterocycles. The van der Waals surface area contributed by atoms with Crippen LogP contribution in [0.15, 0.2) is 35.4 Å². The Morgan fingerprint density at radius 3 is 2.81 bits per heavy atom. The van der Waals surface area contributed by atoms with Crippen LogP contribution >= 0.6 is 0 Å². The second-order valence-corrected chi connectivity index (χ2v) is 5.91. The maximum Gasteiger partial charge on any atom is 0.353 e. The molecule has 1 unspecified atom stereocenters. The molecule has 21 heavy (non-hydrogen) atoms. The molecular formula is C13H13NO6S. The van der Waals surface area contributed by atoms with E-state index in [4.69, 9.17) is 10.2 Å². The van der Waals surface area contributed by atoms with E-state index in [0.717, 1.165) is 5.56 Å². The molecule has 0 radical (unpaired) electrons. The van der Waals surface area contributed by atoms with Crippen molar-refractivity contribution < 1.29 is 27.6 Å². The Hall–Kier alpha value is -2.03. The summed E-state index contributed by atoms with van der Waals surface area (Å²) in [6, 6.07) is 6.16. The van der Waals surface area contributed by atoms with Gasteiger partial charge in [0.1, 0.15) is 4.90 Å². The van der Waals surface area contributed by atoms with E-state index in [1.54, 1.807) is 12.1 Å². The lowest BCUT2D eigenvalue weighted by Crippen LogP contribution is -2.28. The molecule has 1 aromatic heterocycles. The first-order chi connectivity index (χ1) is 9.85. The van der Waals surface area contributed by atoms with Gasteiger partial charge in [-0.3, -0.25) is 4.98 Å². The number of aliphatic hydroxyl groups excluding tert-OH is 2. The van der Waals surface area contributed by atoms with Crippen molar-refractivity contribution in [3.63, 3.8) is 0 Å². The highest BCUT2D eigenvalue weighted by atomic mass is 32.2. The van der Waals surface area contributed by atoms with Crippen LogP contribution < -0.4 is 0 Å². The molecule has 2 rings (SSSR count). The number of para-hydroxylation sites is 1. The quantitative estimate of drug-likeness (QED) is 0.771. The third kappa shape index (κ3) is 3.18. The maximum absolute atomic E-state index is 12.1. The van der Waals surface area contributed by atoms with Gasteiger partial charge in [0, 0.05) is 11.6 Å². The summed E-state index contributed by atoms with van der Waals surface area (Å²) in [5.74, 6) is -1.44. The molecule has 2 aromatic rings. The Labute approximate surface area is 120 Å². The highest BCUT2D eigenvalue weighted by Gasteiger charge is 2.27. The zero-order chi connectivity index (χ0) is 15.6. The van der Waals surface area contributed by atoms with Crippen molar-refractivity contribution in [2.45, 2.75) is 17.9 Å². The largest absolute Gasteiger partial charge is 0.393 e. The molecule has 0 saturated carbocycles. The third-order valence-electron chi connectivity index (χ3n) is 2.72. The highest BCUT2D eigenvalue weighted by molar-refractivity contribution is 7.87. The normalized spacial score (nSPS) is 13.1. The van der Waals surface area contributed by atoms with Gasteiger partial charge in [0.05, 0.1) is 12.1 Å². The Morgan fingerprint density at radius 1 is 1.43 bits per heavy atom. The van der Waals surface area contributed by atoms with Gasteiger partial charge in [0.2, 0.25) is 0 Å². The molecule has 0 aliphatic rings. The van der Waals surface area contributed by atoms with Gasteiger partial charge >= 0.3 is 16.1 Å². The molecule has 112 valence electrons. The van der Waals surface area contributed by atoms with E-state index >= 15 is 0 Å². The Kier molecular flexibility index (Phi) is 4.21. The molecule has 0 spiro atoms. The van der Waals surface area contributed by atoms with E-state index in [9.17, 15) is 13.2 Å². The van der Waals surface area contributed by atoms with E-state index in [1.165, 1.54) is 18.3 Å². The fourth-order valence-electron chi connectivity index (χ4n) is 1.73. The molecule has 8 heteroatoms. The minimum Gasteiger partial charge on any atom is -0.393 e. The molecule has 7 nitrogen and oxygen atoms in total. The number of hydrogen-bond donors (Lipinski definition) is 2. The van der Waals surface area contributed by atoms with E-state index in [1.807, 2.05) is 6.92 Å². The number of aromatic nitrogens is 1. The minimum absolute atomic E-state index is 0.161. The number of benzene rings is 1. The van der Waals surface area contributed by atoms with E-state index in [-0.39, 0.29) is 10.4 Å². The van der Waals surface area contributed by atoms with E-state index < -0.39 is 28.8 Å². The van der Waals surface area contributed by atoms with Crippen LogP contribution in [0.2, 0.25) is 0 Å². The molecule has 0 saturated heterocycles. The predicted octanol–water partition coefficient (Wildman–Crippen LogP) is 0.128. The summed E-state index contributed by atoms with van der Waals surface area (Å²) in [5.41, 5.74) is 1.01. The number of rotatable bonds is 4. The number of hydrogen-bond acceptors (Lipinski definition) is 7. The summed E-state index contributed by atoms with van der Waals surface area (Å²) in [4.78, 5) is 15.1. The molecule has 0 aliphatic carbocycles. The molecule has 1 aromatic carbocycles. The average Bonchev–Trinajstić information content (AvgIpc) is 2.44. The van der Waals surface area contributed by atoms with Crippen LogP contribution in [0.4, 0.5) is 0 Å². The van der Waals surface area contributed by atoms with Crippen LogP contribution in [0.1, 0.15) is 5.56 Å². The lowest BCUT2D eigenvalue weighted by Gasteiger charge is -2.10. The van der Waals surface area contributed by atoms with Crippen LogP contribution in [0, 0.1) is 6.92 Å². The number of fused-ring (bicyclic) bond motifs is 1. The number of carbonyl (C=O) groups excluding carboxylic acids is 1. The lowest BCUT2D eigenvalue weighted by molar-refractivity contribution is -0.145. The fourth-order valence-corrected chi connectivity index (χ4v) is 2.80. The molecule has 0 bridgehead atoms. The average molecular weight is 311 g/mol. The lowest BCUT2D eigenvalue weighted by atomic mass is 10.2. The molecule has 1 atom stereocenters. The first-order valence-corrected chi connectivity index (χ1v) is 7.38. The van der Waals surface area contributed by atoms with E-state index in [0.29, 0.717) is 5.39 Å². The van der Waals surface area contributed by atoms with Crippen molar-refractivity contribution >= 4 is 27.0 Å². The van der Waals surface area contributed by atoms with Crippen LogP contribution in [0.25, 0.3) is 10.9 Å². The van der Waals surface area contributed by atoms with Gasteiger partial charge in [-0.1, -0.05) is 12.1 Å². The summed E-state index contributed by atoms with van der Waals surface area (Å²) in [6.07, 6.45) is -0.420. The summed E-state index contributed by atoms with van der Waals surface area (Å²) in [7, 11) is -4.44. The standard InChI is InChI=1S/C13H13NO6S/c1-8-5-9-3-2-4-11(12(9)14-6-8)21(18,19)20-13(17)10(16)7-15/h2-6,10,15-16H,7H2,1H3. The number of pyridine rings is 1. The van der Waals surface area contributed by atoms with Crippen molar-refractivity contribution in [1.29, 1.82) is 0 Å². The summed E-state index contributed by atoms with van der Waals surface area (Å²) in [5, 5.41) is 18.3. The van der Waals surface area contributed by atoms with Crippen LogP contribution in [-0.2, 0) is 19.1 Å². The first kappa shape index (κ1) is 15.4. The van der Waals surface area contributed by atoms with Crippen molar-refractivity contribution in [2.75, 3.05) is 6.61 Å². The van der Waals surface area contributed by atoms with Gasteiger partial charge in [-0.2, -0.15) is 8.42 Å². The summed E-state index contributed by atoms with van der Waals surface area (Å²) in [6.45, 7) is 0.882. The molecule has 0 fully saturated rings. The molecule has 1 heterocycles. The van der Waals surface area contributed by atoms with Crippen LogP contribution in [0.5, 0.6) is 0 Å². The van der Waals surface area contributed by atoms with Crippen molar-refractivity contribution in [3.05, 3.63) is 36.0 Å². The van der Waals surface area contributed by atoms with Crippen molar-refractivity contribution in [1.82, 2.24) is 4.98 Å². The van der Waals surface area contributed by atoms with Crippen LogP contribution in [-0.4, -0.2) is 42.3 Å². The van der Waals surface area contributed by atoms with Gasteiger partial charge < -0.3 is 14.4 Å². The smallest absolute Gasteiger partial charge is 0.353 e. The fraction of sp³-hybridized carbons (Fsp3) is 0.231. The Morgan fingerprint density at radius 2 is 2.14 bits per heavy atom. The third-order valence-corrected chi connectivity index (χ3v) is 3.97. The van der Waals surface area contributed by atoms with Gasteiger partial charge in [-0.15, -0.1) is 0 Å². The summed E-state index contributed by atoms with van der Waals surface area (Å²) < 4.78 is 28.5. The van der Waals surface area contributed by atoms with Gasteiger partial charge in [0.15, 0.2) is 6.10 Å². The molecular weight excluding hydrogens is 298 g/mol. The van der Waals surface area contributed by atoms with Crippen molar-refractivity contribution in [3.8, 4) is 0 Å². The number of nitrogens with zero attached hydrogens (tertiary/aromatic N) is 1. The SMILES string of the molecule is Cc1cnc2c(S(=O)(=O)OC(=O)C(O)CO)cccc2c1. The number of aliphatic hydroxyl groups is 2. The van der Waals surface area contributed by atoms with E-state index in [2.05, 4.69) is 9.17 Å². The van der Waals surface area contributed by atoms with Crippen LogP contribution in [0.3, 0.4) is 0 Å². The zero-order valence-electron chi connectivity index (χ0n) is 11.1. The van der Waals surface area contributed by atoms with Gasteiger partial charge in [0.25, 0.3) is 0 Å². The minimum atomic E-state index is -4.44. The van der Waals surface area contributed by atoms with Gasteiger partial charge in [-0.05, 0) is 24.6 Å². The molecule has 0 amide bonds. The zero-order valence-corrected chi connectivity index (χ0v) is 11.9. The maximum atomic E-state index is 12.1.